The van der Waals surface area contributed by atoms with Gasteiger partial charge in [-0.25, -0.2) is 4.98 Å². The molecule has 2 heterocycles. The van der Waals surface area contributed by atoms with Crippen LogP contribution in [0.4, 0.5) is 5.69 Å². The van der Waals surface area contributed by atoms with E-state index in [2.05, 4.69) is 10.3 Å². The zero-order chi connectivity index (χ0) is 19.4. The minimum Gasteiger partial charge on any atom is -0.350 e. The summed E-state index contributed by atoms with van der Waals surface area (Å²) in [6, 6.07) is 8.45. The SMILES string of the molecule is CN(C)C(CNC(=O)c1ccc(-n2ccnc2)c([N+](=O)[O-])c1)c1cccs1. The highest BCUT2D eigenvalue weighted by Gasteiger charge is 2.20. The van der Waals surface area contributed by atoms with E-state index in [1.54, 1.807) is 34.2 Å². The lowest BCUT2D eigenvalue weighted by molar-refractivity contribution is -0.384. The molecule has 1 aromatic carbocycles. The van der Waals surface area contributed by atoms with Crippen molar-refractivity contribution < 1.29 is 9.72 Å². The summed E-state index contributed by atoms with van der Waals surface area (Å²) in [6.07, 6.45) is 4.63. The molecule has 0 bridgehead atoms. The highest BCUT2D eigenvalue weighted by molar-refractivity contribution is 7.10. The van der Waals surface area contributed by atoms with E-state index in [0.717, 1.165) is 4.88 Å². The average Bonchev–Trinajstić information content (AvgIpc) is 3.35. The number of nitro benzene ring substituents is 1. The molecular formula is C18H19N5O3S. The Balaban J connectivity index is 1.78. The first-order chi connectivity index (χ1) is 13.0. The zero-order valence-electron chi connectivity index (χ0n) is 14.9. The van der Waals surface area contributed by atoms with Crippen LogP contribution in [-0.4, -0.2) is 45.9 Å². The van der Waals surface area contributed by atoms with Crippen LogP contribution in [0.2, 0.25) is 0 Å². The molecule has 1 amide bonds. The van der Waals surface area contributed by atoms with Crippen molar-refractivity contribution in [3.63, 3.8) is 0 Å². The van der Waals surface area contributed by atoms with E-state index in [1.165, 1.54) is 18.6 Å². The number of nitro groups is 1. The number of carbonyl (C=O) groups excluding carboxylic acids is 1. The topological polar surface area (TPSA) is 93.3 Å². The van der Waals surface area contributed by atoms with Crippen molar-refractivity contribution in [2.24, 2.45) is 0 Å². The number of likely N-dealkylation sites (N-methyl/N-ethyl adjacent to an activating group) is 1. The predicted molar refractivity (Wildman–Crippen MR) is 103 cm³/mol. The molecule has 8 nitrogen and oxygen atoms in total. The van der Waals surface area contributed by atoms with Gasteiger partial charge in [-0.05, 0) is 37.7 Å². The number of aromatic nitrogens is 2. The molecule has 1 unspecified atom stereocenters. The standard InChI is InChI=1S/C18H19N5O3S/c1-21(2)16(17-4-3-9-27-17)11-20-18(24)13-5-6-14(15(10-13)23(25)26)22-8-7-19-12-22/h3-10,12,16H,11H2,1-2H3,(H,20,24). The maximum atomic E-state index is 12.5. The highest BCUT2D eigenvalue weighted by Crippen LogP contribution is 2.25. The van der Waals surface area contributed by atoms with E-state index in [9.17, 15) is 14.9 Å². The molecule has 140 valence electrons. The summed E-state index contributed by atoms with van der Waals surface area (Å²) in [7, 11) is 3.89. The molecule has 0 aliphatic heterocycles. The van der Waals surface area contributed by atoms with Crippen molar-refractivity contribution >= 4 is 22.9 Å². The van der Waals surface area contributed by atoms with Crippen LogP contribution in [0.5, 0.6) is 0 Å². The lowest BCUT2D eigenvalue weighted by Crippen LogP contribution is -2.34. The van der Waals surface area contributed by atoms with E-state index in [1.807, 2.05) is 36.5 Å². The second-order valence-electron chi connectivity index (χ2n) is 6.14. The molecule has 2 aromatic heterocycles. The number of amides is 1. The van der Waals surface area contributed by atoms with E-state index >= 15 is 0 Å². The van der Waals surface area contributed by atoms with E-state index in [-0.39, 0.29) is 23.2 Å². The third-order valence-electron chi connectivity index (χ3n) is 4.17. The van der Waals surface area contributed by atoms with Gasteiger partial charge in [0.2, 0.25) is 0 Å². The van der Waals surface area contributed by atoms with Crippen molar-refractivity contribution in [3.05, 3.63) is 75.0 Å². The maximum Gasteiger partial charge on any atom is 0.294 e. The van der Waals surface area contributed by atoms with Crippen LogP contribution in [0, 0.1) is 10.1 Å². The van der Waals surface area contributed by atoms with Crippen molar-refractivity contribution in [2.45, 2.75) is 6.04 Å². The number of thiophene rings is 1. The molecule has 0 spiro atoms. The molecule has 9 heteroatoms. The molecule has 0 radical (unpaired) electrons. The largest absolute Gasteiger partial charge is 0.350 e. The first-order valence-corrected chi connectivity index (χ1v) is 9.10. The minimum absolute atomic E-state index is 0.0363. The van der Waals surface area contributed by atoms with Crippen LogP contribution in [0.1, 0.15) is 21.3 Å². The van der Waals surface area contributed by atoms with Gasteiger partial charge in [0.25, 0.3) is 11.6 Å². The van der Waals surface area contributed by atoms with Crippen LogP contribution < -0.4 is 5.32 Å². The van der Waals surface area contributed by atoms with E-state index in [4.69, 9.17) is 0 Å². The first kappa shape index (κ1) is 18.7. The van der Waals surface area contributed by atoms with Crippen molar-refractivity contribution in [1.29, 1.82) is 0 Å². The summed E-state index contributed by atoms with van der Waals surface area (Å²) in [5.74, 6) is -0.348. The number of rotatable bonds is 7. The van der Waals surface area contributed by atoms with Crippen molar-refractivity contribution in [2.75, 3.05) is 20.6 Å². The Hall–Kier alpha value is -3.04. The third-order valence-corrected chi connectivity index (χ3v) is 5.14. The lowest BCUT2D eigenvalue weighted by atomic mass is 10.1. The van der Waals surface area contributed by atoms with Gasteiger partial charge in [-0.2, -0.15) is 0 Å². The van der Waals surface area contributed by atoms with Crippen LogP contribution in [0.3, 0.4) is 0 Å². The van der Waals surface area contributed by atoms with Gasteiger partial charge in [-0.15, -0.1) is 11.3 Å². The van der Waals surface area contributed by atoms with Crippen LogP contribution in [-0.2, 0) is 0 Å². The fraction of sp³-hybridized carbons (Fsp3) is 0.222. The molecule has 1 atom stereocenters. The number of carbonyl (C=O) groups is 1. The van der Waals surface area contributed by atoms with Gasteiger partial charge >= 0.3 is 0 Å². The number of nitrogens with one attached hydrogen (secondary N) is 1. The van der Waals surface area contributed by atoms with E-state index in [0.29, 0.717) is 12.2 Å². The quantitative estimate of drug-likeness (QED) is 0.499. The second kappa shape index (κ2) is 8.11. The van der Waals surface area contributed by atoms with E-state index < -0.39 is 4.92 Å². The maximum absolute atomic E-state index is 12.5. The minimum atomic E-state index is -0.500. The fourth-order valence-corrected chi connectivity index (χ4v) is 3.66. The molecule has 1 N–H and O–H groups in total. The molecule has 3 rings (SSSR count). The highest BCUT2D eigenvalue weighted by atomic mass is 32.1. The van der Waals surface area contributed by atoms with Gasteiger partial charge in [-0.1, -0.05) is 6.07 Å². The van der Waals surface area contributed by atoms with Gasteiger partial charge in [0.1, 0.15) is 5.69 Å². The average molecular weight is 385 g/mol. The summed E-state index contributed by atoms with van der Waals surface area (Å²) in [4.78, 5) is 30.6. The molecule has 27 heavy (non-hydrogen) atoms. The summed E-state index contributed by atoms with van der Waals surface area (Å²) in [5, 5.41) is 16.3. The van der Waals surface area contributed by atoms with Gasteiger partial charge in [-0.3, -0.25) is 14.9 Å². The predicted octanol–water partition coefficient (Wildman–Crippen LogP) is 2.87. The van der Waals surface area contributed by atoms with Crippen LogP contribution in [0.15, 0.2) is 54.4 Å². The second-order valence-corrected chi connectivity index (χ2v) is 7.11. The van der Waals surface area contributed by atoms with Gasteiger partial charge < -0.3 is 14.8 Å². The van der Waals surface area contributed by atoms with Crippen molar-refractivity contribution in [1.82, 2.24) is 19.8 Å². The van der Waals surface area contributed by atoms with Crippen LogP contribution >= 0.6 is 11.3 Å². The Morgan fingerprint density at radius 3 is 2.81 bits per heavy atom. The molecule has 0 saturated heterocycles. The molecule has 0 aliphatic rings. The lowest BCUT2D eigenvalue weighted by Gasteiger charge is -2.23. The molecular weight excluding hydrogens is 366 g/mol. The normalized spacial score (nSPS) is 12.1. The first-order valence-electron chi connectivity index (χ1n) is 8.22. The summed E-state index contributed by atoms with van der Waals surface area (Å²) in [6.45, 7) is 0.406. The van der Waals surface area contributed by atoms with Crippen LogP contribution in [0.25, 0.3) is 5.69 Å². The number of benzene rings is 1. The van der Waals surface area contributed by atoms with Gasteiger partial charge in [0, 0.05) is 35.4 Å². The summed E-state index contributed by atoms with van der Waals surface area (Å²) >= 11 is 1.62. The molecule has 0 aliphatic carbocycles. The summed E-state index contributed by atoms with van der Waals surface area (Å²) in [5.41, 5.74) is 0.455. The molecule has 0 saturated carbocycles. The van der Waals surface area contributed by atoms with Gasteiger partial charge in [0.15, 0.2) is 0 Å². The number of imidazole rings is 1. The number of hydrogen-bond acceptors (Lipinski definition) is 6. The third kappa shape index (κ3) is 4.21. The van der Waals surface area contributed by atoms with Crippen molar-refractivity contribution in [3.8, 4) is 5.69 Å². The molecule has 3 aromatic rings. The zero-order valence-corrected chi connectivity index (χ0v) is 15.7. The Morgan fingerprint density at radius 2 is 2.22 bits per heavy atom. The monoisotopic (exact) mass is 385 g/mol. The Kier molecular flexibility index (Phi) is 5.63. The molecule has 0 fully saturated rings. The van der Waals surface area contributed by atoms with Gasteiger partial charge in [0.05, 0.1) is 17.3 Å². The Labute approximate surface area is 160 Å². The fourth-order valence-electron chi connectivity index (χ4n) is 2.74. The Bertz CT molecular complexity index is 923. The summed E-state index contributed by atoms with van der Waals surface area (Å²) < 4.78 is 1.54. The Morgan fingerprint density at radius 1 is 1.41 bits per heavy atom. The smallest absolute Gasteiger partial charge is 0.294 e. The number of hydrogen-bond donors (Lipinski definition) is 1. The number of nitrogens with zero attached hydrogens (tertiary/aromatic N) is 4.